The Balaban J connectivity index is 0.00000301. The Morgan fingerprint density at radius 2 is 1.54 bits per heavy atom. The lowest BCUT2D eigenvalue weighted by molar-refractivity contribution is -0.144. The number of benzene rings is 1. The molecule has 1 aromatic rings. The second-order valence-electron chi connectivity index (χ2n) is 8.32. The highest BCUT2D eigenvalue weighted by molar-refractivity contribution is 7.00. The number of Topliss-reactive ketones (excluding diaryl/α,β-unsaturated/α-hetero) is 1. The fraction of sp³-hybridized carbons (Fsp3) is 0.619. The van der Waals surface area contributed by atoms with E-state index in [9.17, 15) is 9.59 Å². The molecule has 148 valence electrons. The van der Waals surface area contributed by atoms with E-state index >= 15 is 0 Å². The number of ketones is 1. The van der Waals surface area contributed by atoms with Gasteiger partial charge in [-0.25, -0.2) is 0 Å². The zero-order valence-electron chi connectivity index (χ0n) is 17.6. The van der Waals surface area contributed by atoms with Gasteiger partial charge in [0.25, 0.3) is 0 Å². The third-order valence-corrected chi connectivity index (χ3v) is 4.32. The summed E-state index contributed by atoms with van der Waals surface area (Å²) in [7, 11) is 1.96. The predicted molar refractivity (Wildman–Crippen MR) is 110 cm³/mol. The summed E-state index contributed by atoms with van der Waals surface area (Å²) >= 11 is 0. The quantitative estimate of drug-likeness (QED) is 0.301. The number of hydrogen-bond donors (Lipinski definition) is 0. The fourth-order valence-electron chi connectivity index (χ4n) is 3.73. The number of carbonyl (C=O) groups excluding carboxylic acids is 2. The number of esters is 1. The molecule has 5 heteroatoms. The van der Waals surface area contributed by atoms with Crippen molar-refractivity contribution in [3.63, 3.8) is 0 Å². The summed E-state index contributed by atoms with van der Waals surface area (Å²) in [6.07, 6.45) is 1.48. The molecule has 3 atom stereocenters. The van der Waals surface area contributed by atoms with Gasteiger partial charge in [0.15, 0.2) is 5.78 Å². The largest absolute Gasteiger partial charge is 0.468 e. The number of rotatable bonds is 6. The molecule has 1 rings (SSSR count). The van der Waals surface area contributed by atoms with Gasteiger partial charge in [-0.05, 0) is 56.1 Å². The lowest BCUT2D eigenvalue weighted by atomic mass is 9.79. The van der Waals surface area contributed by atoms with Gasteiger partial charge in [0.2, 0.25) is 0 Å². The van der Waals surface area contributed by atoms with Crippen molar-refractivity contribution in [3.8, 4) is 0 Å². The Kier molecular flexibility index (Phi) is 10.1. The average molecular weight is 382 g/mol. The first-order valence-electron chi connectivity index (χ1n) is 8.95. The first-order chi connectivity index (χ1) is 12.0. The van der Waals surface area contributed by atoms with E-state index in [2.05, 4.69) is 27.7 Å². The molecule has 0 N–H and O–H groups in total. The number of ether oxygens (including phenoxy) is 1. The van der Waals surface area contributed by atoms with Crippen LogP contribution in [0, 0.1) is 38.0 Å². The van der Waals surface area contributed by atoms with E-state index in [1.807, 2.05) is 32.9 Å². The zero-order valence-corrected chi connectivity index (χ0v) is 19.0. The van der Waals surface area contributed by atoms with Gasteiger partial charge in [0.05, 0.1) is 16.2 Å². The lowest BCUT2D eigenvalue weighted by Crippen LogP contribution is -2.29. The Labute approximate surface area is 160 Å². The highest BCUT2D eigenvalue weighted by Crippen LogP contribution is 2.30. The lowest BCUT2D eigenvalue weighted by Gasteiger charge is -2.26. The molecule has 26 heavy (non-hydrogen) atoms. The molecule has 4 nitrogen and oxygen atoms in total. The molecule has 1 aromatic carbocycles. The topological polar surface area (TPSA) is 60.4 Å². The molecule has 0 radical (unpaired) electrons. The van der Waals surface area contributed by atoms with Gasteiger partial charge < -0.3 is 9.30 Å². The second kappa shape index (κ2) is 10.7. The van der Waals surface area contributed by atoms with Crippen LogP contribution in [-0.2, 0) is 14.1 Å². The molecule has 0 aliphatic rings. The molecule has 3 unspecified atom stereocenters. The van der Waals surface area contributed by atoms with Crippen LogP contribution >= 0.6 is 9.12 Å². The first-order valence-corrected chi connectivity index (χ1v) is 9.52. The minimum absolute atomic E-state index is 0.113. The minimum atomic E-state index is -0.729. The van der Waals surface area contributed by atoms with Crippen molar-refractivity contribution < 1.29 is 18.9 Å². The average Bonchev–Trinajstić information content (AvgIpc) is 2.51. The maximum atomic E-state index is 13.1. The van der Waals surface area contributed by atoms with E-state index in [1.54, 1.807) is 0 Å². The highest BCUT2D eigenvalue weighted by atomic mass is 31.0. The SMILES string of the molecule is COC(=O)C(CC(C)CC(C)(C)C)C(=O)c1c(C)cc(C)cc1C.O=[PH3]. The highest BCUT2D eigenvalue weighted by Gasteiger charge is 2.32. The van der Waals surface area contributed by atoms with Crippen LogP contribution in [-0.4, -0.2) is 18.9 Å². The standard InChI is InChI=1S/C21H32O3.H3OP/c1-13-9-15(3)18(16(4)10-13)19(22)17(20(23)24-8)11-14(2)12-21(5,6)7;1-2/h9-10,14,17H,11-12H2,1-8H3;2H3. The number of methoxy groups -OCH3 is 1. The van der Waals surface area contributed by atoms with Gasteiger partial charge in [-0.1, -0.05) is 45.4 Å². The first kappa shape index (κ1) is 24.6. The Bertz CT molecular complexity index is 608. The fourth-order valence-corrected chi connectivity index (χ4v) is 3.73. The van der Waals surface area contributed by atoms with Crippen LogP contribution in [0.4, 0.5) is 0 Å². The number of hydrogen-bond acceptors (Lipinski definition) is 4. The predicted octanol–water partition coefficient (Wildman–Crippen LogP) is 4.99. The molecule has 0 saturated carbocycles. The van der Waals surface area contributed by atoms with Crippen LogP contribution in [0.3, 0.4) is 0 Å². The molecule has 0 aliphatic carbocycles. The molecule has 0 saturated heterocycles. The van der Waals surface area contributed by atoms with Crippen LogP contribution in [0.2, 0.25) is 0 Å². The van der Waals surface area contributed by atoms with Crippen LogP contribution < -0.4 is 0 Å². The Morgan fingerprint density at radius 3 is 1.92 bits per heavy atom. The van der Waals surface area contributed by atoms with Crippen molar-refractivity contribution in [1.29, 1.82) is 0 Å². The molecule has 0 bridgehead atoms. The van der Waals surface area contributed by atoms with Gasteiger partial charge in [-0.2, -0.15) is 0 Å². The summed E-state index contributed by atoms with van der Waals surface area (Å²) in [5, 5.41) is 0. The molecule has 0 spiro atoms. The van der Waals surface area contributed by atoms with E-state index in [1.165, 1.54) is 7.11 Å². The van der Waals surface area contributed by atoms with Crippen molar-refractivity contribution in [3.05, 3.63) is 34.4 Å². The van der Waals surface area contributed by atoms with Crippen molar-refractivity contribution in [2.24, 2.45) is 17.3 Å². The molecule has 0 aliphatic heterocycles. The summed E-state index contributed by atoms with van der Waals surface area (Å²) in [4.78, 5) is 25.4. The molecule has 0 fully saturated rings. The maximum Gasteiger partial charge on any atom is 0.316 e. The molecule has 0 aromatic heterocycles. The maximum absolute atomic E-state index is 13.1. The van der Waals surface area contributed by atoms with Crippen LogP contribution in [0.5, 0.6) is 0 Å². The number of aryl methyl sites for hydroxylation is 3. The number of carbonyl (C=O) groups is 2. The monoisotopic (exact) mass is 382 g/mol. The Hall–Kier alpha value is -1.41. The minimum Gasteiger partial charge on any atom is -0.468 e. The van der Waals surface area contributed by atoms with Gasteiger partial charge >= 0.3 is 5.97 Å². The Morgan fingerprint density at radius 1 is 1.08 bits per heavy atom. The molecule has 0 heterocycles. The van der Waals surface area contributed by atoms with Crippen molar-refractivity contribution in [2.45, 2.75) is 61.3 Å². The van der Waals surface area contributed by atoms with Crippen LogP contribution in [0.1, 0.15) is 67.6 Å². The zero-order chi connectivity index (χ0) is 20.7. The molecular weight excluding hydrogens is 347 g/mol. The third kappa shape index (κ3) is 7.45. The smallest absolute Gasteiger partial charge is 0.316 e. The summed E-state index contributed by atoms with van der Waals surface area (Å²) in [5.74, 6) is -1.01. The summed E-state index contributed by atoms with van der Waals surface area (Å²) in [5.41, 5.74) is 3.81. The van der Waals surface area contributed by atoms with E-state index in [0.717, 1.165) is 23.1 Å². The third-order valence-electron chi connectivity index (χ3n) is 4.32. The van der Waals surface area contributed by atoms with Gasteiger partial charge in [0, 0.05) is 5.56 Å². The summed E-state index contributed by atoms with van der Waals surface area (Å²) < 4.78 is 13.2. The molecule has 0 amide bonds. The van der Waals surface area contributed by atoms with E-state index in [4.69, 9.17) is 9.30 Å². The van der Waals surface area contributed by atoms with Gasteiger partial charge in [-0.15, -0.1) is 0 Å². The van der Waals surface area contributed by atoms with E-state index in [-0.39, 0.29) is 17.1 Å². The van der Waals surface area contributed by atoms with Gasteiger partial charge in [0.1, 0.15) is 5.92 Å². The van der Waals surface area contributed by atoms with E-state index < -0.39 is 11.9 Å². The van der Waals surface area contributed by atoms with Gasteiger partial charge in [-0.3, -0.25) is 9.59 Å². The second-order valence-corrected chi connectivity index (χ2v) is 8.32. The summed E-state index contributed by atoms with van der Waals surface area (Å²) in [6, 6.07) is 3.99. The van der Waals surface area contributed by atoms with Crippen LogP contribution in [0.15, 0.2) is 12.1 Å². The van der Waals surface area contributed by atoms with Crippen LogP contribution in [0.25, 0.3) is 0 Å². The van der Waals surface area contributed by atoms with Crippen molar-refractivity contribution >= 4 is 20.9 Å². The normalized spacial score (nSPS) is 13.4. The van der Waals surface area contributed by atoms with Crippen molar-refractivity contribution in [1.82, 2.24) is 0 Å². The van der Waals surface area contributed by atoms with E-state index in [0.29, 0.717) is 21.1 Å². The molecular formula is C21H35O4P. The summed E-state index contributed by atoms with van der Waals surface area (Å²) in [6.45, 7) is 14.5. The van der Waals surface area contributed by atoms with Crippen molar-refractivity contribution in [2.75, 3.05) is 7.11 Å².